The third-order valence-electron chi connectivity index (χ3n) is 6.98. The third kappa shape index (κ3) is 7.05. The highest BCUT2D eigenvalue weighted by Crippen LogP contribution is 2.21. The summed E-state index contributed by atoms with van der Waals surface area (Å²) in [7, 11) is 0. The lowest BCUT2D eigenvalue weighted by molar-refractivity contribution is -0.385. The molecular weight excluding hydrogens is 522 g/mol. The van der Waals surface area contributed by atoms with Gasteiger partial charge in [0.25, 0.3) is 11.6 Å². The average molecular weight is 556 g/mol. The van der Waals surface area contributed by atoms with Crippen LogP contribution in [-0.2, 0) is 17.9 Å². The number of aryl methyl sites for hydroxylation is 2. The van der Waals surface area contributed by atoms with E-state index < -0.39 is 10.8 Å². The van der Waals surface area contributed by atoms with Crippen LogP contribution in [0.4, 0.5) is 5.69 Å². The normalized spacial score (nSPS) is 10.9. The minimum atomic E-state index is -0.522. The third-order valence-corrected chi connectivity index (χ3v) is 6.98. The zero-order valence-corrected chi connectivity index (χ0v) is 23.5. The van der Waals surface area contributed by atoms with Crippen molar-refractivity contribution in [2.24, 2.45) is 0 Å². The smallest absolute Gasteiger partial charge is 0.273 e. The van der Waals surface area contributed by atoms with Crippen molar-refractivity contribution in [1.29, 1.82) is 0 Å². The molecule has 0 saturated heterocycles. The Hall–Kier alpha value is -4.79. The number of fused-ring (bicyclic) bond motifs is 1. The number of carbonyl (C=O) groups excluding carboxylic acids is 2. The monoisotopic (exact) mass is 555 g/mol. The van der Waals surface area contributed by atoms with Crippen LogP contribution in [0.2, 0.25) is 0 Å². The van der Waals surface area contributed by atoms with Crippen molar-refractivity contribution in [3.05, 3.63) is 121 Å². The summed E-state index contributed by atoms with van der Waals surface area (Å²) in [6.45, 7) is 5.75. The number of nitro benzene ring substituents is 1. The van der Waals surface area contributed by atoms with E-state index in [0.29, 0.717) is 35.1 Å². The fourth-order valence-electron chi connectivity index (χ4n) is 4.62. The van der Waals surface area contributed by atoms with E-state index >= 15 is 0 Å². The minimum Gasteiger partial charge on any atom is -0.464 e. The highest BCUT2D eigenvalue weighted by molar-refractivity contribution is 5.97. The zero-order chi connectivity index (χ0) is 29.5. The molecular formula is C32H33N3O6. The fourth-order valence-corrected chi connectivity index (χ4v) is 4.62. The van der Waals surface area contributed by atoms with Crippen LogP contribution in [0, 0.1) is 24.0 Å². The molecule has 0 unspecified atom stereocenters. The first kappa shape index (κ1) is 29.2. The van der Waals surface area contributed by atoms with E-state index in [9.17, 15) is 24.5 Å². The molecule has 2 amide bonds. The van der Waals surface area contributed by atoms with Crippen molar-refractivity contribution in [3.63, 3.8) is 0 Å². The van der Waals surface area contributed by atoms with E-state index in [1.807, 2.05) is 50.2 Å². The van der Waals surface area contributed by atoms with Crippen LogP contribution in [0.15, 0.2) is 82.2 Å². The zero-order valence-electron chi connectivity index (χ0n) is 23.5. The quantitative estimate of drug-likeness (QED) is 0.171. The Morgan fingerprint density at radius 2 is 1.71 bits per heavy atom. The maximum absolute atomic E-state index is 13.8. The van der Waals surface area contributed by atoms with Gasteiger partial charge in [0, 0.05) is 30.3 Å². The largest absolute Gasteiger partial charge is 0.464 e. The molecule has 1 heterocycles. The number of carbonyl (C=O) groups is 2. The molecule has 41 heavy (non-hydrogen) atoms. The number of hydrogen-bond acceptors (Lipinski definition) is 6. The lowest BCUT2D eigenvalue weighted by atomic mass is 10.1. The predicted octanol–water partition coefficient (Wildman–Crippen LogP) is 5.79. The van der Waals surface area contributed by atoms with E-state index in [0.717, 1.165) is 17.5 Å². The Kier molecular flexibility index (Phi) is 9.29. The lowest BCUT2D eigenvalue weighted by Crippen LogP contribution is -2.43. The Labute approximate surface area is 238 Å². The summed E-state index contributed by atoms with van der Waals surface area (Å²) in [4.78, 5) is 54.6. The molecule has 0 spiro atoms. The Bertz CT molecular complexity index is 1630. The summed E-state index contributed by atoms with van der Waals surface area (Å²) in [6.07, 6.45) is 2.83. The van der Waals surface area contributed by atoms with Gasteiger partial charge in [0.1, 0.15) is 12.1 Å². The van der Waals surface area contributed by atoms with Crippen LogP contribution < -0.4 is 5.43 Å². The molecule has 0 aliphatic rings. The molecule has 0 bridgehead atoms. The lowest BCUT2D eigenvalue weighted by Gasteiger charge is -2.28. The van der Waals surface area contributed by atoms with E-state index in [1.54, 1.807) is 19.1 Å². The van der Waals surface area contributed by atoms with Crippen LogP contribution in [0.25, 0.3) is 11.0 Å². The van der Waals surface area contributed by atoms with Gasteiger partial charge < -0.3 is 14.2 Å². The second-order valence-electron chi connectivity index (χ2n) is 10.2. The second kappa shape index (κ2) is 13.0. The van der Waals surface area contributed by atoms with Gasteiger partial charge in [-0.05, 0) is 44.0 Å². The molecule has 4 aromatic rings. The molecule has 1 aromatic heterocycles. The van der Waals surface area contributed by atoms with Crippen LogP contribution in [0.3, 0.4) is 0 Å². The molecule has 0 fully saturated rings. The number of nitrogens with zero attached hydrogens (tertiary/aromatic N) is 3. The van der Waals surface area contributed by atoms with E-state index in [4.69, 9.17) is 4.42 Å². The van der Waals surface area contributed by atoms with Gasteiger partial charge >= 0.3 is 0 Å². The van der Waals surface area contributed by atoms with Crippen molar-refractivity contribution in [2.75, 3.05) is 13.1 Å². The summed E-state index contributed by atoms with van der Waals surface area (Å²) in [5, 5.41) is 11.9. The SMILES string of the molecule is CCCCN(CC(=O)N(Cc1ccccc1)Cc1coc2ccc(C)cc2c1=O)C(=O)c1ccc(C)c([N+](=O)[O-])c1. The predicted molar refractivity (Wildman–Crippen MR) is 157 cm³/mol. The Balaban J connectivity index is 1.65. The maximum atomic E-state index is 13.8. The van der Waals surface area contributed by atoms with Crippen molar-refractivity contribution in [2.45, 2.75) is 46.7 Å². The fraction of sp³-hybridized carbons (Fsp3) is 0.281. The summed E-state index contributed by atoms with van der Waals surface area (Å²) >= 11 is 0. The number of hydrogen-bond donors (Lipinski definition) is 0. The van der Waals surface area contributed by atoms with Gasteiger partial charge in [-0.15, -0.1) is 0 Å². The van der Waals surface area contributed by atoms with E-state index in [2.05, 4.69) is 0 Å². The van der Waals surface area contributed by atoms with Crippen LogP contribution in [0.1, 0.15) is 52.4 Å². The minimum absolute atomic E-state index is 0.00818. The molecule has 0 atom stereocenters. The summed E-state index contributed by atoms with van der Waals surface area (Å²) in [5.74, 6) is -0.820. The van der Waals surface area contributed by atoms with Gasteiger partial charge in [0.2, 0.25) is 5.91 Å². The standard InChI is InChI=1S/C32H33N3O6/c1-4-5-15-33(32(38)25-13-12-23(3)28(17-25)35(39)40)20-30(36)34(18-24-9-7-6-8-10-24)19-26-21-41-29-14-11-22(2)16-27(29)31(26)37/h6-14,16-17,21H,4-5,15,18-20H2,1-3H3. The van der Waals surface area contributed by atoms with Crippen molar-refractivity contribution in [3.8, 4) is 0 Å². The van der Waals surface area contributed by atoms with Gasteiger partial charge in [-0.1, -0.05) is 61.4 Å². The van der Waals surface area contributed by atoms with Gasteiger partial charge in [0.15, 0.2) is 5.43 Å². The first-order chi connectivity index (χ1) is 19.7. The second-order valence-corrected chi connectivity index (χ2v) is 10.2. The number of nitro groups is 1. The molecule has 0 aliphatic carbocycles. The first-order valence-corrected chi connectivity index (χ1v) is 13.5. The average Bonchev–Trinajstić information content (AvgIpc) is 2.96. The van der Waals surface area contributed by atoms with Crippen LogP contribution >= 0.6 is 0 Å². The Morgan fingerprint density at radius 1 is 0.951 bits per heavy atom. The molecule has 9 heteroatoms. The number of amides is 2. The van der Waals surface area contributed by atoms with Gasteiger partial charge in [0.05, 0.1) is 28.7 Å². The van der Waals surface area contributed by atoms with Crippen LogP contribution in [0.5, 0.6) is 0 Å². The Morgan fingerprint density at radius 3 is 2.41 bits per heavy atom. The topological polar surface area (TPSA) is 114 Å². The molecule has 0 aliphatic heterocycles. The number of benzene rings is 3. The molecule has 212 valence electrons. The van der Waals surface area contributed by atoms with Crippen LogP contribution in [-0.4, -0.2) is 39.6 Å². The maximum Gasteiger partial charge on any atom is 0.273 e. The van der Waals surface area contributed by atoms with Crippen molar-refractivity contribution < 1.29 is 18.9 Å². The summed E-state index contributed by atoms with van der Waals surface area (Å²) in [6, 6.07) is 19.1. The number of rotatable bonds is 11. The molecule has 3 aromatic carbocycles. The molecule has 0 radical (unpaired) electrons. The van der Waals surface area contributed by atoms with Crippen molar-refractivity contribution >= 4 is 28.5 Å². The van der Waals surface area contributed by atoms with E-state index in [-0.39, 0.29) is 42.2 Å². The molecule has 0 saturated carbocycles. The molecule has 4 rings (SSSR count). The van der Waals surface area contributed by atoms with Gasteiger partial charge in [-0.3, -0.25) is 24.5 Å². The van der Waals surface area contributed by atoms with Gasteiger partial charge in [-0.2, -0.15) is 0 Å². The highest BCUT2D eigenvalue weighted by atomic mass is 16.6. The first-order valence-electron chi connectivity index (χ1n) is 13.5. The highest BCUT2D eigenvalue weighted by Gasteiger charge is 2.25. The number of unbranched alkanes of at least 4 members (excludes halogenated alkanes) is 1. The summed E-state index contributed by atoms with van der Waals surface area (Å²) < 4.78 is 5.72. The molecule has 9 nitrogen and oxygen atoms in total. The summed E-state index contributed by atoms with van der Waals surface area (Å²) in [5.41, 5.74) is 2.80. The van der Waals surface area contributed by atoms with Crippen molar-refractivity contribution in [1.82, 2.24) is 9.80 Å². The molecule has 0 N–H and O–H groups in total. The van der Waals surface area contributed by atoms with E-state index in [1.165, 1.54) is 34.3 Å². The van der Waals surface area contributed by atoms with Gasteiger partial charge in [-0.25, -0.2) is 0 Å².